The summed E-state index contributed by atoms with van der Waals surface area (Å²) in [6, 6.07) is 5.48. The van der Waals surface area contributed by atoms with Crippen LogP contribution in [-0.2, 0) is 0 Å². The SMILES string of the molecule is O=C(Nc1ccc(Br)cn1)Nc1ccc(F)cc1F. The van der Waals surface area contributed by atoms with Gasteiger partial charge in [0.15, 0.2) is 0 Å². The van der Waals surface area contributed by atoms with Gasteiger partial charge in [0.05, 0.1) is 5.69 Å². The summed E-state index contributed by atoms with van der Waals surface area (Å²) in [6.07, 6.45) is 1.51. The van der Waals surface area contributed by atoms with E-state index in [0.717, 1.165) is 16.6 Å². The number of urea groups is 1. The maximum atomic E-state index is 13.3. The van der Waals surface area contributed by atoms with Crippen molar-refractivity contribution in [2.24, 2.45) is 0 Å². The second-order valence-corrected chi connectivity index (χ2v) is 4.48. The Balaban J connectivity index is 2.03. The average molecular weight is 328 g/mol. The minimum atomic E-state index is -0.848. The molecule has 0 aliphatic carbocycles. The summed E-state index contributed by atoms with van der Waals surface area (Å²) >= 11 is 3.21. The maximum Gasteiger partial charge on any atom is 0.324 e. The average Bonchev–Trinajstić information content (AvgIpc) is 2.36. The van der Waals surface area contributed by atoms with Gasteiger partial charge in [0.2, 0.25) is 0 Å². The van der Waals surface area contributed by atoms with E-state index >= 15 is 0 Å². The maximum absolute atomic E-state index is 13.3. The third kappa shape index (κ3) is 3.72. The van der Waals surface area contributed by atoms with Gasteiger partial charge in [0, 0.05) is 16.7 Å². The predicted molar refractivity (Wildman–Crippen MR) is 70.9 cm³/mol. The summed E-state index contributed by atoms with van der Waals surface area (Å²) in [5.74, 6) is -1.25. The van der Waals surface area contributed by atoms with Crippen LogP contribution in [0.25, 0.3) is 0 Å². The molecule has 19 heavy (non-hydrogen) atoms. The van der Waals surface area contributed by atoms with Crippen LogP contribution in [0.4, 0.5) is 25.1 Å². The van der Waals surface area contributed by atoms with E-state index in [2.05, 4.69) is 31.5 Å². The number of pyridine rings is 1. The van der Waals surface area contributed by atoms with Gasteiger partial charge in [-0.25, -0.2) is 18.6 Å². The minimum Gasteiger partial charge on any atom is -0.305 e. The van der Waals surface area contributed by atoms with Crippen molar-refractivity contribution in [1.82, 2.24) is 4.98 Å². The molecule has 0 fully saturated rings. The highest BCUT2D eigenvalue weighted by atomic mass is 79.9. The molecule has 4 nitrogen and oxygen atoms in total. The number of hydrogen-bond donors (Lipinski definition) is 2. The van der Waals surface area contributed by atoms with E-state index < -0.39 is 17.7 Å². The van der Waals surface area contributed by atoms with Gasteiger partial charge in [-0.3, -0.25) is 5.32 Å². The topological polar surface area (TPSA) is 54.0 Å². The minimum absolute atomic E-state index is 0.115. The monoisotopic (exact) mass is 327 g/mol. The Kier molecular flexibility index (Phi) is 4.06. The molecule has 0 spiro atoms. The number of aromatic nitrogens is 1. The van der Waals surface area contributed by atoms with E-state index in [9.17, 15) is 13.6 Å². The van der Waals surface area contributed by atoms with Crippen LogP contribution < -0.4 is 10.6 Å². The molecule has 2 aromatic rings. The van der Waals surface area contributed by atoms with Crippen LogP contribution >= 0.6 is 15.9 Å². The molecule has 1 aromatic heterocycles. The fraction of sp³-hybridized carbons (Fsp3) is 0. The van der Waals surface area contributed by atoms with Crippen LogP contribution in [0.1, 0.15) is 0 Å². The van der Waals surface area contributed by atoms with Crippen LogP contribution in [-0.4, -0.2) is 11.0 Å². The van der Waals surface area contributed by atoms with Gasteiger partial charge in [-0.15, -0.1) is 0 Å². The molecular weight excluding hydrogens is 320 g/mol. The van der Waals surface area contributed by atoms with Gasteiger partial charge in [-0.1, -0.05) is 0 Å². The smallest absolute Gasteiger partial charge is 0.305 e. The summed E-state index contributed by atoms with van der Waals surface area (Å²) in [5.41, 5.74) is -0.115. The number of anilines is 2. The molecular formula is C12H8BrF2N3O. The molecule has 0 unspecified atom stereocenters. The number of rotatable bonds is 2. The number of halogens is 3. The lowest BCUT2D eigenvalue weighted by Gasteiger charge is -2.07. The van der Waals surface area contributed by atoms with Crippen LogP contribution in [0.3, 0.4) is 0 Å². The van der Waals surface area contributed by atoms with Crippen molar-refractivity contribution in [1.29, 1.82) is 0 Å². The predicted octanol–water partition coefficient (Wildman–Crippen LogP) is 3.77. The molecule has 98 valence electrons. The Morgan fingerprint density at radius 1 is 1.16 bits per heavy atom. The van der Waals surface area contributed by atoms with E-state index in [1.54, 1.807) is 12.1 Å². The fourth-order valence-electron chi connectivity index (χ4n) is 1.31. The summed E-state index contributed by atoms with van der Waals surface area (Å²) in [5, 5.41) is 4.67. The Labute approximate surface area is 116 Å². The van der Waals surface area contributed by atoms with Crippen molar-refractivity contribution in [2.75, 3.05) is 10.6 Å². The molecule has 2 amide bonds. The molecule has 7 heteroatoms. The zero-order valence-electron chi connectivity index (χ0n) is 9.45. The largest absolute Gasteiger partial charge is 0.324 e. The molecule has 0 saturated heterocycles. The molecule has 1 aromatic carbocycles. The van der Waals surface area contributed by atoms with Crippen molar-refractivity contribution in [2.45, 2.75) is 0 Å². The van der Waals surface area contributed by atoms with Crippen LogP contribution in [0.5, 0.6) is 0 Å². The van der Waals surface area contributed by atoms with Gasteiger partial charge < -0.3 is 5.32 Å². The normalized spacial score (nSPS) is 10.1. The van der Waals surface area contributed by atoms with Crippen molar-refractivity contribution in [3.63, 3.8) is 0 Å². The molecule has 0 atom stereocenters. The number of hydrogen-bond acceptors (Lipinski definition) is 2. The first-order valence-electron chi connectivity index (χ1n) is 5.19. The van der Waals surface area contributed by atoms with E-state index in [0.29, 0.717) is 11.9 Å². The first-order chi connectivity index (χ1) is 9.04. The van der Waals surface area contributed by atoms with Crippen molar-refractivity contribution in [3.8, 4) is 0 Å². The summed E-state index contributed by atoms with van der Waals surface area (Å²) < 4.78 is 26.8. The van der Waals surface area contributed by atoms with Crippen LogP contribution in [0.2, 0.25) is 0 Å². The number of benzene rings is 1. The highest BCUT2D eigenvalue weighted by Crippen LogP contribution is 2.15. The molecule has 2 rings (SSSR count). The molecule has 0 saturated carbocycles. The van der Waals surface area contributed by atoms with Crippen molar-refractivity contribution in [3.05, 3.63) is 52.6 Å². The Hall–Kier alpha value is -2.02. The first kappa shape index (κ1) is 13.4. The molecule has 2 N–H and O–H groups in total. The van der Waals surface area contributed by atoms with E-state index in [-0.39, 0.29) is 5.69 Å². The summed E-state index contributed by atoms with van der Waals surface area (Å²) in [7, 11) is 0. The van der Waals surface area contributed by atoms with Gasteiger partial charge >= 0.3 is 6.03 Å². The Morgan fingerprint density at radius 2 is 1.95 bits per heavy atom. The highest BCUT2D eigenvalue weighted by molar-refractivity contribution is 9.10. The van der Waals surface area contributed by atoms with E-state index in [4.69, 9.17) is 0 Å². The first-order valence-corrected chi connectivity index (χ1v) is 5.98. The van der Waals surface area contributed by atoms with Crippen molar-refractivity contribution >= 4 is 33.5 Å². The quantitative estimate of drug-likeness (QED) is 0.882. The number of amides is 2. The number of carbonyl (C=O) groups excluding carboxylic acids is 1. The van der Waals surface area contributed by atoms with Gasteiger partial charge in [-0.05, 0) is 40.2 Å². The number of nitrogens with zero attached hydrogens (tertiary/aromatic N) is 1. The van der Waals surface area contributed by atoms with Crippen LogP contribution in [0, 0.1) is 11.6 Å². The summed E-state index contributed by atoms with van der Waals surface area (Å²) in [4.78, 5) is 15.5. The molecule has 0 radical (unpaired) electrons. The van der Waals surface area contributed by atoms with Crippen LogP contribution in [0.15, 0.2) is 41.0 Å². The highest BCUT2D eigenvalue weighted by Gasteiger charge is 2.08. The van der Waals surface area contributed by atoms with Gasteiger partial charge in [0.1, 0.15) is 17.5 Å². The third-order valence-electron chi connectivity index (χ3n) is 2.15. The lowest BCUT2D eigenvalue weighted by Crippen LogP contribution is -2.20. The van der Waals surface area contributed by atoms with Crippen molar-refractivity contribution < 1.29 is 13.6 Å². The second kappa shape index (κ2) is 5.75. The van der Waals surface area contributed by atoms with Gasteiger partial charge in [-0.2, -0.15) is 0 Å². The third-order valence-corrected chi connectivity index (χ3v) is 2.62. The molecule has 0 aliphatic heterocycles. The Morgan fingerprint density at radius 3 is 2.58 bits per heavy atom. The standard InChI is InChI=1S/C12H8BrF2N3O/c13-7-1-4-11(16-6-7)18-12(19)17-10-3-2-8(14)5-9(10)15/h1-6H,(H2,16,17,18,19). The molecule has 0 aliphatic rings. The summed E-state index contributed by atoms with van der Waals surface area (Å²) in [6.45, 7) is 0. The second-order valence-electron chi connectivity index (χ2n) is 3.56. The molecule has 1 heterocycles. The number of carbonyl (C=O) groups is 1. The zero-order valence-corrected chi connectivity index (χ0v) is 11.0. The zero-order chi connectivity index (χ0) is 13.8. The van der Waals surface area contributed by atoms with E-state index in [1.165, 1.54) is 6.20 Å². The fourth-order valence-corrected chi connectivity index (χ4v) is 1.55. The van der Waals surface area contributed by atoms with E-state index in [1.807, 2.05) is 0 Å². The number of nitrogens with one attached hydrogen (secondary N) is 2. The Bertz CT molecular complexity index is 604. The lowest BCUT2D eigenvalue weighted by molar-refractivity contribution is 0.262. The molecule has 0 bridgehead atoms. The lowest BCUT2D eigenvalue weighted by atomic mass is 10.3. The van der Waals surface area contributed by atoms with Gasteiger partial charge in [0.25, 0.3) is 0 Å².